The minimum Gasteiger partial charge on any atom is -0.486 e. The Balaban J connectivity index is 1.47. The molecule has 1 aromatic heterocycles. The second-order valence-electron chi connectivity index (χ2n) is 7.17. The molecule has 34 heavy (non-hydrogen) atoms. The van der Waals surface area contributed by atoms with Gasteiger partial charge in [0.15, 0.2) is 11.0 Å². The van der Waals surface area contributed by atoms with Gasteiger partial charge in [-0.3, -0.25) is 9.36 Å². The number of anilines is 1. The summed E-state index contributed by atoms with van der Waals surface area (Å²) in [4.78, 5) is 12.5. The third-order valence-corrected chi connectivity index (χ3v) is 6.75. The molecule has 1 N–H and O–H groups in total. The van der Waals surface area contributed by atoms with Crippen LogP contribution < -0.4 is 10.1 Å². The Morgan fingerprint density at radius 1 is 1.03 bits per heavy atom. The lowest BCUT2D eigenvalue weighted by atomic mass is 10.2. The number of amides is 1. The highest BCUT2D eigenvalue weighted by Crippen LogP contribution is 2.26. The highest BCUT2D eigenvalue weighted by atomic mass is 79.9. The van der Waals surface area contributed by atoms with Gasteiger partial charge in [0, 0.05) is 9.50 Å². The van der Waals surface area contributed by atoms with Crippen molar-refractivity contribution in [3.05, 3.63) is 98.7 Å². The molecule has 0 unspecified atom stereocenters. The largest absolute Gasteiger partial charge is 0.486 e. The van der Waals surface area contributed by atoms with Gasteiger partial charge in [-0.25, -0.2) is 0 Å². The first-order valence-electron chi connectivity index (χ1n) is 10.2. The second kappa shape index (κ2) is 11.8. The molecule has 6 nitrogen and oxygen atoms in total. The smallest absolute Gasteiger partial charge is 0.234 e. The zero-order chi connectivity index (χ0) is 23.9. The number of carbonyl (C=O) groups is 1. The van der Waals surface area contributed by atoms with Crippen molar-refractivity contribution in [2.45, 2.75) is 18.3 Å². The molecule has 0 saturated carbocycles. The SMILES string of the molecule is O=C(CSc1nnc(COc2ccc(Br)cc2)n1Cc1ccccc1)Nc1cc(Cl)ccc1Cl. The number of thioether (sulfide) groups is 1. The molecule has 174 valence electrons. The van der Waals surface area contributed by atoms with Crippen LogP contribution in [0.4, 0.5) is 5.69 Å². The Labute approximate surface area is 219 Å². The lowest BCUT2D eigenvalue weighted by Crippen LogP contribution is -2.15. The van der Waals surface area contributed by atoms with Crippen molar-refractivity contribution in [3.63, 3.8) is 0 Å². The van der Waals surface area contributed by atoms with E-state index in [1.54, 1.807) is 18.2 Å². The van der Waals surface area contributed by atoms with Crippen molar-refractivity contribution in [2.24, 2.45) is 0 Å². The fourth-order valence-electron chi connectivity index (χ4n) is 3.05. The first-order valence-corrected chi connectivity index (χ1v) is 12.7. The fraction of sp³-hybridized carbons (Fsp3) is 0.125. The van der Waals surface area contributed by atoms with E-state index in [9.17, 15) is 4.79 Å². The molecule has 0 radical (unpaired) electrons. The maximum absolute atomic E-state index is 12.5. The molecule has 0 aliphatic heterocycles. The third kappa shape index (κ3) is 6.76. The van der Waals surface area contributed by atoms with Crippen LogP contribution in [0, 0.1) is 0 Å². The third-order valence-electron chi connectivity index (χ3n) is 4.69. The van der Waals surface area contributed by atoms with E-state index in [0.29, 0.717) is 33.3 Å². The number of nitrogens with one attached hydrogen (secondary N) is 1. The van der Waals surface area contributed by atoms with Crippen LogP contribution in [0.1, 0.15) is 11.4 Å². The molecule has 0 aliphatic carbocycles. The van der Waals surface area contributed by atoms with Gasteiger partial charge in [-0.05, 0) is 48.0 Å². The van der Waals surface area contributed by atoms with Crippen LogP contribution in [0.15, 0.2) is 82.4 Å². The summed E-state index contributed by atoms with van der Waals surface area (Å²) in [6.07, 6.45) is 0. The molecule has 0 aliphatic rings. The molecule has 4 aromatic rings. The van der Waals surface area contributed by atoms with E-state index in [1.807, 2.05) is 59.2 Å². The fourth-order valence-corrected chi connectivity index (χ4v) is 4.40. The summed E-state index contributed by atoms with van der Waals surface area (Å²) in [6.45, 7) is 0.795. The van der Waals surface area contributed by atoms with Crippen LogP contribution in [0.2, 0.25) is 10.0 Å². The molecule has 0 fully saturated rings. The predicted octanol–water partition coefficient (Wildman–Crippen LogP) is 6.71. The number of nitrogens with zero attached hydrogens (tertiary/aromatic N) is 3. The van der Waals surface area contributed by atoms with E-state index in [0.717, 1.165) is 15.8 Å². The Hall–Kier alpha value is -2.52. The summed E-state index contributed by atoms with van der Waals surface area (Å²) < 4.78 is 8.84. The summed E-state index contributed by atoms with van der Waals surface area (Å²) in [6, 6.07) is 22.5. The molecule has 4 rings (SSSR count). The van der Waals surface area contributed by atoms with Crippen LogP contribution in [0.25, 0.3) is 0 Å². The molecule has 1 heterocycles. The van der Waals surface area contributed by atoms with Gasteiger partial charge < -0.3 is 10.1 Å². The van der Waals surface area contributed by atoms with Crippen LogP contribution in [-0.2, 0) is 17.9 Å². The van der Waals surface area contributed by atoms with Gasteiger partial charge in [0.25, 0.3) is 0 Å². The zero-order valence-electron chi connectivity index (χ0n) is 17.7. The van der Waals surface area contributed by atoms with Gasteiger partial charge in [0.1, 0.15) is 12.4 Å². The van der Waals surface area contributed by atoms with Gasteiger partial charge in [-0.15, -0.1) is 10.2 Å². The van der Waals surface area contributed by atoms with Crippen molar-refractivity contribution >= 4 is 62.5 Å². The van der Waals surface area contributed by atoms with Crippen molar-refractivity contribution in [1.29, 1.82) is 0 Å². The Morgan fingerprint density at radius 2 is 1.79 bits per heavy atom. The molecule has 0 spiro atoms. The van der Waals surface area contributed by atoms with Crippen LogP contribution >= 0.6 is 50.9 Å². The number of benzene rings is 3. The average Bonchev–Trinajstić information content (AvgIpc) is 3.21. The molecule has 1 amide bonds. The lowest BCUT2D eigenvalue weighted by Gasteiger charge is -2.12. The normalized spacial score (nSPS) is 10.8. The van der Waals surface area contributed by atoms with Gasteiger partial charge >= 0.3 is 0 Å². The maximum atomic E-state index is 12.5. The van der Waals surface area contributed by atoms with Gasteiger partial charge in [-0.2, -0.15) is 0 Å². The van der Waals surface area contributed by atoms with Crippen molar-refractivity contribution < 1.29 is 9.53 Å². The predicted molar refractivity (Wildman–Crippen MR) is 140 cm³/mol. The van der Waals surface area contributed by atoms with Crippen molar-refractivity contribution in [3.8, 4) is 5.75 Å². The van der Waals surface area contributed by atoms with Crippen LogP contribution in [0.3, 0.4) is 0 Å². The first-order chi connectivity index (χ1) is 16.5. The number of carbonyl (C=O) groups excluding carboxylic acids is 1. The summed E-state index contributed by atoms with van der Waals surface area (Å²) in [5.74, 6) is 1.29. The summed E-state index contributed by atoms with van der Waals surface area (Å²) >= 11 is 16.9. The monoisotopic (exact) mass is 576 g/mol. The number of ether oxygens (including phenoxy) is 1. The molecule has 0 bridgehead atoms. The number of rotatable bonds is 9. The molecule has 0 saturated heterocycles. The second-order valence-corrected chi connectivity index (χ2v) is 9.88. The first kappa shape index (κ1) is 24.6. The lowest BCUT2D eigenvalue weighted by molar-refractivity contribution is -0.113. The highest BCUT2D eigenvalue weighted by Gasteiger charge is 2.16. The van der Waals surface area contributed by atoms with Gasteiger partial charge in [0.05, 0.1) is 23.0 Å². The number of hydrogen-bond acceptors (Lipinski definition) is 5. The number of halogens is 3. The minimum atomic E-state index is -0.226. The standard InChI is InChI=1S/C24H19BrCl2N4O2S/c25-17-6-9-19(10-7-17)33-14-22-29-30-24(31(22)13-16-4-2-1-3-5-16)34-15-23(32)28-21-12-18(26)8-11-20(21)27/h1-12H,13-15H2,(H,28,32). The van der Waals surface area contributed by atoms with Crippen LogP contribution in [0.5, 0.6) is 5.75 Å². The Bertz CT molecular complexity index is 1270. The van der Waals surface area contributed by atoms with E-state index in [-0.39, 0.29) is 18.3 Å². The molecule has 0 atom stereocenters. The average molecular weight is 578 g/mol. The van der Waals surface area contributed by atoms with E-state index < -0.39 is 0 Å². The highest BCUT2D eigenvalue weighted by molar-refractivity contribution is 9.10. The molecular formula is C24H19BrCl2N4O2S. The molecule has 3 aromatic carbocycles. The van der Waals surface area contributed by atoms with E-state index >= 15 is 0 Å². The van der Waals surface area contributed by atoms with Crippen molar-refractivity contribution in [1.82, 2.24) is 14.8 Å². The minimum absolute atomic E-state index is 0.128. The zero-order valence-corrected chi connectivity index (χ0v) is 21.7. The van der Waals surface area contributed by atoms with Crippen LogP contribution in [-0.4, -0.2) is 26.4 Å². The van der Waals surface area contributed by atoms with E-state index in [2.05, 4.69) is 31.4 Å². The topological polar surface area (TPSA) is 69.0 Å². The van der Waals surface area contributed by atoms with Crippen molar-refractivity contribution in [2.75, 3.05) is 11.1 Å². The summed E-state index contributed by atoms with van der Waals surface area (Å²) in [7, 11) is 0. The van der Waals surface area contributed by atoms with Gasteiger partial charge in [-0.1, -0.05) is 81.2 Å². The summed E-state index contributed by atoms with van der Waals surface area (Å²) in [5.41, 5.74) is 1.55. The Kier molecular flexibility index (Phi) is 8.50. The quantitative estimate of drug-likeness (QED) is 0.224. The molecular weight excluding hydrogens is 559 g/mol. The maximum Gasteiger partial charge on any atom is 0.234 e. The Morgan fingerprint density at radius 3 is 2.56 bits per heavy atom. The van der Waals surface area contributed by atoms with Gasteiger partial charge in [0.2, 0.25) is 5.91 Å². The van der Waals surface area contributed by atoms with E-state index in [4.69, 9.17) is 27.9 Å². The molecule has 10 heteroatoms. The number of hydrogen-bond donors (Lipinski definition) is 1. The summed E-state index contributed by atoms with van der Waals surface area (Å²) in [5, 5.41) is 12.9. The van der Waals surface area contributed by atoms with E-state index in [1.165, 1.54) is 11.8 Å². The number of aromatic nitrogens is 3.